The van der Waals surface area contributed by atoms with E-state index in [1.54, 1.807) is 0 Å². The number of aliphatic hydroxyl groups is 3. The molecule has 0 saturated carbocycles. The number of H-pyrrole nitrogens is 1. The zero-order valence-corrected chi connectivity index (χ0v) is 12.0. The second-order valence-corrected chi connectivity index (χ2v) is 5.81. The molecular weight excluding hydrogens is 296 g/mol. The molecule has 3 heterocycles. The molecule has 0 unspecified atom stereocenters. The molecule has 22 heavy (non-hydrogen) atoms. The number of nitrogens with zero attached hydrogens (tertiary/aromatic N) is 1. The number of hydrogen-bond acceptors (Lipinski definition) is 7. The molecule has 2 fully saturated rings. The number of aromatic nitrogens is 2. The normalized spacial score (nSPS) is 38.0. The van der Waals surface area contributed by atoms with Gasteiger partial charge in [0.2, 0.25) is 0 Å². The molecule has 9 heteroatoms. The number of nitrogens with one attached hydrogen (secondary N) is 1. The summed E-state index contributed by atoms with van der Waals surface area (Å²) >= 11 is 0. The molecule has 2 aliphatic heterocycles. The molecule has 4 N–H and O–H groups in total. The van der Waals surface area contributed by atoms with Gasteiger partial charge in [0.1, 0.15) is 17.3 Å². The summed E-state index contributed by atoms with van der Waals surface area (Å²) in [4.78, 5) is 25.5. The van der Waals surface area contributed by atoms with E-state index in [1.807, 2.05) is 0 Å². The highest BCUT2D eigenvalue weighted by molar-refractivity contribution is 5.14. The number of aliphatic hydroxyl groups excluding tert-OH is 2. The number of fused-ring (bicyclic) bond motifs is 1. The molecule has 4 atom stereocenters. The average Bonchev–Trinajstić information content (AvgIpc) is 2.73. The Morgan fingerprint density at radius 3 is 2.86 bits per heavy atom. The van der Waals surface area contributed by atoms with Gasteiger partial charge in [0.05, 0.1) is 13.2 Å². The third-order valence-electron chi connectivity index (χ3n) is 4.53. The highest BCUT2D eigenvalue weighted by atomic mass is 16.6. The van der Waals surface area contributed by atoms with E-state index in [1.165, 1.54) is 13.1 Å². The summed E-state index contributed by atoms with van der Waals surface area (Å²) in [7, 11) is 0. The number of ether oxygens (including phenoxy) is 2. The molecule has 3 rings (SSSR count). The summed E-state index contributed by atoms with van der Waals surface area (Å²) in [6.45, 7) is 1.02. The number of rotatable bonds is 2. The van der Waals surface area contributed by atoms with Gasteiger partial charge < -0.3 is 24.8 Å². The van der Waals surface area contributed by atoms with Crippen molar-refractivity contribution in [2.24, 2.45) is 0 Å². The van der Waals surface area contributed by atoms with Crippen LogP contribution in [-0.2, 0) is 9.47 Å². The number of aryl methyl sites for hydroxylation is 1. The zero-order chi connectivity index (χ0) is 16.1. The van der Waals surface area contributed by atoms with E-state index in [-0.39, 0.29) is 25.2 Å². The smallest absolute Gasteiger partial charge is 0.330 e. The Labute approximate surface area is 124 Å². The summed E-state index contributed by atoms with van der Waals surface area (Å²) in [5, 5.41) is 30.9. The maximum absolute atomic E-state index is 12.0. The Morgan fingerprint density at radius 2 is 2.23 bits per heavy atom. The minimum absolute atomic E-state index is 0.0578. The van der Waals surface area contributed by atoms with E-state index in [2.05, 4.69) is 4.98 Å². The first-order chi connectivity index (χ1) is 10.3. The van der Waals surface area contributed by atoms with Crippen LogP contribution in [0.3, 0.4) is 0 Å². The maximum atomic E-state index is 12.0. The van der Waals surface area contributed by atoms with E-state index >= 15 is 0 Å². The van der Waals surface area contributed by atoms with E-state index in [0.29, 0.717) is 0 Å². The fourth-order valence-corrected chi connectivity index (χ4v) is 3.11. The van der Waals surface area contributed by atoms with Crippen LogP contribution in [0.5, 0.6) is 0 Å². The lowest BCUT2D eigenvalue weighted by Crippen LogP contribution is -2.63. The average molecular weight is 314 g/mol. The molecule has 0 bridgehead atoms. The van der Waals surface area contributed by atoms with Crippen molar-refractivity contribution in [2.45, 2.75) is 36.9 Å². The van der Waals surface area contributed by atoms with Crippen LogP contribution in [0.2, 0.25) is 0 Å². The Bertz CT molecular complexity index is 692. The molecule has 1 aromatic rings. The van der Waals surface area contributed by atoms with Crippen molar-refractivity contribution in [1.29, 1.82) is 0 Å². The highest BCUT2D eigenvalue weighted by Crippen LogP contribution is 2.48. The van der Waals surface area contributed by atoms with Crippen LogP contribution in [0.25, 0.3) is 0 Å². The molecular formula is C13H18N2O7. The molecule has 0 aromatic carbocycles. The molecule has 2 saturated heterocycles. The fourth-order valence-electron chi connectivity index (χ4n) is 3.11. The first-order valence-corrected chi connectivity index (χ1v) is 6.93. The SMILES string of the molecule is Cc1cn([C@@H]2O[C@@]3(CO)COCC[C@]3(O)[C@H]2O)c(=O)[nH]c1=O. The Balaban J connectivity index is 2.09. The van der Waals surface area contributed by atoms with Gasteiger partial charge in [0, 0.05) is 24.8 Å². The minimum Gasteiger partial charge on any atom is -0.393 e. The molecule has 1 aromatic heterocycles. The molecule has 0 aliphatic carbocycles. The van der Waals surface area contributed by atoms with Crippen molar-refractivity contribution in [1.82, 2.24) is 9.55 Å². The van der Waals surface area contributed by atoms with Crippen molar-refractivity contribution in [3.05, 3.63) is 32.6 Å². The van der Waals surface area contributed by atoms with Gasteiger partial charge in [-0.2, -0.15) is 0 Å². The molecule has 2 aliphatic rings. The van der Waals surface area contributed by atoms with E-state index in [4.69, 9.17) is 9.47 Å². The Morgan fingerprint density at radius 1 is 1.50 bits per heavy atom. The first-order valence-electron chi connectivity index (χ1n) is 6.93. The van der Waals surface area contributed by atoms with Crippen molar-refractivity contribution in [3.8, 4) is 0 Å². The van der Waals surface area contributed by atoms with Crippen LogP contribution in [0, 0.1) is 6.92 Å². The Kier molecular flexibility index (Phi) is 3.49. The predicted octanol–water partition coefficient (Wildman–Crippen LogP) is -2.38. The summed E-state index contributed by atoms with van der Waals surface area (Å²) in [5.41, 5.74) is -4.31. The topological polar surface area (TPSA) is 134 Å². The van der Waals surface area contributed by atoms with Crippen LogP contribution >= 0.6 is 0 Å². The summed E-state index contributed by atoms with van der Waals surface area (Å²) < 4.78 is 11.9. The number of aromatic amines is 1. The quantitative estimate of drug-likeness (QED) is 0.479. The summed E-state index contributed by atoms with van der Waals surface area (Å²) in [5.74, 6) is 0. The zero-order valence-electron chi connectivity index (χ0n) is 12.0. The van der Waals surface area contributed by atoms with Gasteiger partial charge in [0.25, 0.3) is 5.56 Å². The second-order valence-electron chi connectivity index (χ2n) is 5.81. The van der Waals surface area contributed by atoms with Crippen molar-refractivity contribution in [2.75, 3.05) is 19.8 Å². The van der Waals surface area contributed by atoms with Gasteiger partial charge >= 0.3 is 5.69 Å². The van der Waals surface area contributed by atoms with Gasteiger partial charge in [0.15, 0.2) is 6.23 Å². The van der Waals surface area contributed by atoms with Gasteiger partial charge in [-0.3, -0.25) is 14.3 Å². The standard InChI is InChI=1S/C13H18N2O7/c1-7-4-15(11(19)14-9(7)18)10-8(17)13(20)2-3-21-6-12(13,5-16)22-10/h4,8,10,16-17,20H,2-3,5-6H2,1H3,(H,14,18,19)/t8-,10+,12-,13-/m0/s1. The van der Waals surface area contributed by atoms with Crippen molar-refractivity contribution in [3.63, 3.8) is 0 Å². The van der Waals surface area contributed by atoms with Gasteiger partial charge in [-0.15, -0.1) is 0 Å². The molecule has 0 spiro atoms. The lowest BCUT2D eigenvalue weighted by molar-refractivity contribution is -0.226. The molecule has 122 valence electrons. The lowest BCUT2D eigenvalue weighted by Gasteiger charge is -2.43. The molecule has 9 nitrogen and oxygen atoms in total. The highest BCUT2D eigenvalue weighted by Gasteiger charge is 2.66. The van der Waals surface area contributed by atoms with Crippen LogP contribution in [0.15, 0.2) is 15.8 Å². The number of hydrogen-bond donors (Lipinski definition) is 4. The van der Waals surface area contributed by atoms with Crippen LogP contribution in [0.1, 0.15) is 18.2 Å². The third-order valence-corrected chi connectivity index (χ3v) is 4.53. The largest absolute Gasteiger partial charge is 0.393 e. The second kappa shape index (κ2) is 5.00. The monoisotopic (exact) mass is 314 g/mol. The van der Waals surface area contributed by atoms with Crippen molar-refractivity contribution < 1.29 is 24.8 Å². The van der Waals surface area contributed by atoms with Gasteiger partial charge in [-0.25, -0.2) is 4.79 Å². The van der Waals surface area contributed by atoms with Gasteiger partial charge in [-0.05, 0) is 6.92 Å². The first kappa shape index (κ1) is 15.4. The lowest BCUT2D eigenvalue weighted by atomic mass is 9.77. The van der Waals surface area contributed by atoms with Crippen LogP contribution < -0.4 is 11.2 Å². The Hall–Kier alpha value is -1.52. The van der Waals surface area contributed by atoms with E-state index < -0.39 is 41.4 Å². The van der Waals surface area contributed by atoms with Gasteiger partial charge in [-0.1, -0.05) is 0 Å². The van der Waals surface area contributed by atoms with Crippen LogP contribution in [0.4, 0.5) is 0 Å². The van der Waals surface area contributed by atoms with Crippen LogP contribution in [-0.4, -0.2) is 62.0 Å². The minimum atomic E-state index is -1.74. The maximum Gasteiger partial charge on any atom is 0.330 e. The molecule has 0 radical (unpaired) electrons. The fraction of sp³-hybridized carbons (Fsp3) is 0.692. The van der Waals surface area contributed by atoms with Crippen molar-refractivity contribution >= 4 is 0 Å². The summed E-state index contributed by atoms with van der Waals surface area (Å²) in [6.07, 6.45) is -1.38. The van der Waals surface area contributed by atoms with E-state index in [9.17, 15) is 24.9 Å². The predicted molar refractivity (Wildman–Crippen MR) is 72.4 cm³/mol. The molecule has 0 amide bonds. The van der Waals surface area contributed by atoms with E-state index in [0.717, 1.165) is 4.57 Å². The third kappa shape index (κ3) is 1.90. The summed E-state index contributed by atoms with van der Waals surface area (Å²) in [6, 6.07) is 0.